The van der Waals surface area contributed by atoms with Crippen LogP contribution in [0.3, 0.4) is 0 Å². The van der Waals surface area contributed by atoms with Crippen molar-refractivity contribution in [3.8, 4) is 10.8 Å². The molecule has 3 aliphatic heterocycles. The molecule has 2 N–H and O–H groups in total. The van der Waals surface area contributed by atoms with Gasteiger partial charge in [0.05, 0.1) is 11.3 Å². The molecule has 11 rings (SSSR count). The number of aromatic hydroxyl groups is 1. The Morgan fingerprint density at radius 3 is 2.18 bits per heavy atom. The van der Waals surface area contributed by atoms with Crippen LogP contribution in [0.2, 0.25) is 0 Å². The third kappa shape index (κ3) is 6.78. The molecule has 4 aromatic carbocycles. The lowest BCUT2D eigenvalue weighted by Gasteiger charge is -2.63. The summed E-state index contributed by atoms with van der Waals surface area (Å²) in [5.74, 6) is 2.12. The molecule has 1 atom stereocenters. The van der Waals surface area contributed by atoms with E-state index >= 15 is 0 Å². The summed E-state index contributed by atoms with van der Waals surface area (Å²) in [7, 11) is 0. The van der Waals surface area contributed by atoms with E-state index < -0.39 is 5.60 Å². The van der Waals surface area contributed by atoms with Gasteiger partial charge in [-0.15, -0.1) is 21.5 Å². The number of aromatic nitrogens is 3. The molecule has 6 aromatic rings. The highest BCUT2D eigenvalue weighted by Crippen LogP contribution is 2.55. The van der Waals surface area contributed by atoms with Gasteiger partial charge >= 0.3 is 0 Å². The van der Waals surface area contributed by atoms with Gasteiger partial charge in [-0.3, -0.25) is 14.5 Å². The van der Waals surface area contributed by atoms with E-state index in [2.05, 4.69) is 135 Å². The number of thiophene rings is 1. The minimum absolute atomic E-state index is 0.0966. The molecule has 0 radical (unpaired) electrons. The first-order chi connectivity index (χ1) is 30.0. The maximum absolute atomic E-state index is 11.7. The highest BCUT2D eigenvalue weighted by Gasteiger charge is 2.59. The number of anilines is 2. The first-order valence-electron chi connectivity index (χ1n) is 22.4. The number of aryl methyl sites for hydroxylation is 3. The monoisotopic (exact) mass is 841 g/mol. The van der Waals surface area contributed by atoms with Crippen molar-refractivity contribution in [3.63, 3.8) is 0 Å². The van der Waals surface area contributed by atoms with E-state index in [4.69, 9.17) is 4.99 Å². The average Bonchev–Trinajstić information content (AvgIpc) is 3.66. The number of allylic oxidation sites excluding steroid dienone is 1. The zero-order chi connectivity index (χ0) is 42.3. The minimum atomic E-state index is -0.611. The number of aliphatic hydroxyl groups is 1. The minimum Gasteiger partial charge on any atom is -0.508 e. The van der Waals surface area contributed by atoms with E-state index in [-0.39, 0.29) is 11.5 Å². The van der Waals surface area contributed by atoms with Gasteiger partial charge in [0, 0.05) is 78.6 Å². The van der Waals surface area contributed by atoms with Crippen molar-refractivity contribution in [3.05, 3.63) is 153 Å². The fourth-order valence-corrected chi connectivity index (χ4v) is 12.6. The normalized spacial score (nSPS) is 20.4. The second-order valence-corrected chi connectivity index (χ2v) is 20.0. The fraction of sp³-hybridized carbons (Fsp3) is 0.365. The number of fused-ring (bicyclic) bond motifs is 4. The Bertz CT molecular complexity index is 2730. The third-order valence-electron chi connectivity index (χ3n) is 14.4. The second kappa shape index (κ2) is 15.1. The predicted molar refractivity (Wildman–Crippen MR) is 251 cm³/mol. The summed E-state index contributed by atoms with van der Waals surface area (Å²) in [5, 5.41) is 32.2. The Kier molecular flexibility index (Phi) is 9.55. The van der Waals surface area contributed by atoms with Crippen LogP contribution < -0.4 is 9.80 Å². The van der Waals surface area contributed by atoms with Crippen LogP contribution in [-0.2, 0) is 6.42 Å². The Balaban J connectivity index is 0.709. The second-order valence-electron chi connectivity index (χ2n) is 18.8. The van der Waals surface area contributed by atoms with Crippen molar-refractivity contribution in [2.24, 2.45) is 10.4 Å². The number of aliphatic imine (C=N–C) groups is 1. The number of hydrogen-bond acceptors (Lipinski definition) is 9. The molecule has 2 aliphatic carbocycles. The average molecular weight is 842 g/mol. The van der Waals surface area contributed by atoms with E-state index in [1.807, 2.05) is 19.1 Å². The maximum Gasteiger partial charge on any atom is 0.162 e. The van der Waals surface area contributed by atoms with Crippen LogP contribution in [0.5, 0.6) is 5.75 Å². The summed E-state index contributed by atoms with van der Waals surface area (Å²) in [6.45, 7) is 15.1. The van der Waals surface area contributed by atoms with E-state index in [0.29, 0.717) is 5.75 Å². The van der Waals surface area contributed by atoms with Crippen LogP contribution in [0.25, 0.3) is 16.1 Å². The molecule has 2 aromatic heterocycles. The maximum atomic E-state index is 11.7. The van der Waals surface area contributed by atoms with Crippen molar-refractivity contribution in [1.82, 2.24) is 19.7 Å². The smallest absolute Gasteiger partial charge is 0.162 e. The molecule has 1 saturated carbocycles. The van der Waals surface area contributed by atoms with Crippen LogP contribution in [-0.4, -0.2) is 87.0 Å². The van der Waals surface area contributed by atoms with Gasteiger partial charge in [-0.2, -0.15) is 0 Å². The van der Waals surface area contributed by atoms with Crippen LogP contribution in [0, 0.1) is 26.2 Å². The van der Waals surface area contributed by atoms with Crippen LogP contribution in [0.1, 0.15) is 94.1 Å². The van der Waals surface area contributed by atoms with Gasteiger partial charge in [0.25, 0.3) is 0 Å². The largest absolute Gasteiger partial charge is 0.508 e. The molecule has 62 heavy (non-hydrogen) atoms. The fourth-order valence-electron chi connectivity index (χ4n) is 11.4. The van der Waals surface area contributed by atoms with Crippen molar-refractivity contribution in [1.29, 1.82) is 0 Å². The van der Waals surface area contributed by atoms with Gasteiger partial charge in [-0.25, -0.2) is 0 Å². The molecule has 0 amide bonds. The van der Waals surface area contributed by atoms with Gasteiger partial charge in [0.2, 0.25) is 0 Å². The van der Waals surface area contributed by atoms with Crippen LogP contribution in [0.15, 0.2) is 102 Å². The quantitative estimate of drug-likeness (QED) is 0.166. The van der Waals surface area contributed by atoms with E-state index in [1.54, 1.807) is 11.3 Å². The molecular formula is C52H55N7O2S. The van der Waals surface area contributed by atoms with Crippen molar-refractivity contribution in [2.75, 3.05) is 55.6 Å². The lowest BCUT2D eigenvalue weighted by Crippen LogP contribution is -2.70. The molecule has 10 heteroatoms. The summed E-state index contributed by atoms with van der Waals surface area (Å²) in [6, 6.07) is 34.7. The van der Waals surface area contributed by atoms with Crippen molar-refractivity contribution in [2.45, 2.75) is 71.4 Å². The van der Waals surface area contributed by atoms with Crippen LogP contribution in [0.4, 0.5) is 11.4 Å². The van der Waals surface area contributed by atoms with Gasteiger partial charge in [-0.1, -0.05) is 60.7 Å². The summed E-state index contributed by atoms with van der Waals surface area (Å²) in [6.07, 6.45) is 4.75. The first kappa shape index (κ1) is 39.3. The molecule has 0 unspecified atom stereocenters. The number of phenolic OH excluding ortho intramolecular Hbond substituents is 1. The number of phenols is 1. The standard InChI is InChI=1S/C52H55N7O2S/c1-33-35(3)62-50-46(33)48(53-34(2)49-55-54-36(4)59(49)50)39-15-19-42(20-16-39)58-30-51(31-58)28-52(61,29-51)32-56-23-25-57(26-24-56)41-17-13-38(14-18-41)47-44(37-9-6-5-7-10-37)12-8-11-40-27-43(60)21-22-45(40)47/h5-7,9-10,13-22,27,34,60-61H,8,11-12,23-26,28-32H2,1-4H3/t34-/m0/s1. The number of piperazine rings is 1. The molecular weight excluding hydrogens is 787 g/mol. The van der Waals surface area contributed by atoms with E-state index in [9.17, 15) is 10.2 Å². The van der Waals surface area contributed by atoms with Gasteiger partial charge < -0.3 is 20.0 Å². The SMILES string of the molecule is Cc1sc2c(c1C)C(c1ccc(N3CC4(C3)CC(O)(CN3CCN(c5ccc(C6=C(c7ccccc7)CCCc7cc(O)ccc76)cc5)CC3)C4)cc1)=N[C@@H](C)c1nnc(C)n1-2. The number of hydrogen-bond donors (Lipinski definition) is 2. The molecule has 1 spiro atoms. The topological polar surface area (TPSA) is 93.2 Å². The van der Waals surface area contributed by atoms with E-state index in [0.717, 1.165) is 106 Å². The zero-order valence-corrected chi connectivity index (χ0v) is 37.0. The lowest BCUT2D eigenvalue weighted by molar-refractivity contribution is -0.152. The number of rotatable bonds is 7. The lowest BCUT2D eigenvalue weighted by atomic mass is 9.55. The summed E-state index contributed by atoms with van der Waals surface area (Å²) in [5.41, 5.74) is 14.3. The predicted octanol–water partition coefficient (Wildman–Crippen LogP) is 9.32. The number of nitrogens with zero attached hydrogens (tertiary/aromatic N) is 7. The summed E-state index contributed by atoms with van der Waals surface area (Å²) < 4.78 is 2.20. The first-order valence-corrected chi connectivity index (χ1v) is 23.2. The Labute approximate surface area is 368 Å². The van der Waals surface area contributed by atoms with Gasteiger partial charge in [-0.05, 0) is 135 Å². The molecule has 5 aliphatic rings. The molecule has 5 heterocycles. The highest BCUT2D eigenvalue weighted by molar-refractivity contribution is 7.15. The highest BCUT2D eigenvalue weighted by atomic mass is 32.1. The van der Waals surface area contributed by atoms with Gasteiger partial charge in [0.15, 0.2) is 5.82 Å². The van der Waals surface area contributed by atoms with E-state index in [1.165, 1.54) is 60.8 Å². The van der Waals surface area contributed by atoms with Crippen molar-refractivity contribution >= 4 is 39.6 Å². The number of benzene rings is 4. The molecule has 3 fully saturated rings. The molecule has 2 saturated heterocycles. The molecule has 0 bridgehead atoms. The van der Waals surface area contributed by atoms with Gasteiger partial charge in [0.1, 0.15) is 22.6 Å². The van der Waals surface area contributed by atoms with Crippen molar-refractivity contribution < 1.29 is 10.2 Å². The molecule has 316 valence electrons. The summed E-state index contributed by atoms with van der Waals surface area (Å²) in [4.78, 5) is 14.0. The third-order valence-corrected chi connectivity index (χ3v) is 15.6. The molecule has 9 nitrogen and oxygen atoms in total. The summed E-state index contributed by atoms with van der Waals surface area (Å²) >= 11 is 1.80. The Morgan fingerprint density at radius 1 is 0.758 bits per heavy atom. The Hall–Kier alpha value is -5.55. The zero-order valence-electron chi connectivity index (χ0n) is 36.2. The Morgan fingerprint density at radius 2 is 1.45 bits per heavy atom. The van der Waals surface area contributed by atoms with Crippen LogP contribution >= 0.6 is 11.3 Å². The number of β-amino-alcohol motifs (C(OH)–C–C–N with tert-alkyl or cyclic N) is 1.